The number of hydrogen-bond acceptors (Lipinski definition) is 1. The second kappa shape index (κ2) is 4.84. The number of fused-ring (bicyclic) bond motifs is 2. The van der Waals surface area contributed by atoms with E-state index in [9.17, 15) is 4.79 Å². The Morgan fingerprint density at radius 1 is 1.17 bits per heavy atom. The first-order valence-corrected chi connectivity index (χ1v) is 6.59. The van der Waals surface area contributed by atoms with Crippen molar-refractivity contribution in [1.29, 1.82) is 0 Å². The highest BCUT2D eigenvalue weighted by Crippen LogP contribution is 2.42. The van der Waals surface area contributed by atoms with Crippen molar-refractivity contribution in [3.05, 3.63) is 42.5 Å². The van der Waals surface area contributed by atoms with Crippen LogP contribution in [0.25, 0.3) is 0 Å². The molecule has 2 amide bonds. The number of anilines is 1. The fourth-order valence-corrected chi connectivity index (χ4v) is 3.05. The molecule has 1 aromatic carbocycles. The van der Waals surface area contributed by atoms with Gasteiger partial charge >= 0.3 is 6.03 Å². The molecule has 2 aliphatic carbocycles. The Morgan fingerprint density at radius 2 is 2.00 bits per heavy atom. The van der Waals surface area contributed by atoms with Crippen LogP contribution in [-0.4, -0.2) is 12.6 Å². The number of urea groups is 1. The van der Waals surface area contributed by atoms with E-state index in [1.54, 1.807) is 0 Å². The average molecular weight is 242 g/mol. The second-order valence-corrected chi connectivity index (χ2v) is 5.24. The second-order valence-electron chi connectivity index (χ2n) is 5.24. The molecular formula is C15H18N2O. The van der Waals surface area contributed by atoms with Gasteiger partial charge in [0, 0.05) is 12.2 Å². The Balaban J connectivity index is 1.46. The molecule has 1 saturated carbocycles. The standard InChI is InChI=1S/C15H18N2O/c18-15(17-14-4-2-1-3-5-14)16-10-13-9-11-6-7-12(13)8-11/h1-7,11-13H,8-10H2,(H2,16,17,18). The Hall–Kier alpha value is -1.77. The largest absolute Gasteiger partial charge is 0.338 e. The van der Waals surface area contributed by atoms with Crippen molar-refractivity contribution in [2.75, 3.05) is 11.9 Å². The number of para-hydroxylation sites is 1. The molecule has 2 bridgehead atoms. The Bertz CT molecular complexity index is 455. The van der Waals surface area contributed by atoms with Gasteiger partial charge in [0.25, 0.3) is 0 Å². The molecule has 3 rings (SSSR count). The fraction of sp³-hybridized carbons (Fsp3) is 0.400. The molecule has 3 atom stereocenters. The predicted molar refractivity (Wildman–Crippen MR) is 72.3 cm³/mol. The summed E-state index contributed by atoms with van der Waals surface area (Å²) in [5.74, 6) is 2.08. The van der Waals surface area contributed by atoms with E-state index in [0.29, 0.717) is 11.8 Å². The van der Waals surface area contributed by atoms with Gasteiger partial charge in [-0.3, -0.25) is 0 Å². The molecule has 3 unspecified atom stereocenters. The Kier molecular flexibility index (Phi) is 3.05. The molecule has 0 aromatic heterocycles. The van der Waals surface area contributed by atoms with Crippen molar-refractivity contribution in [3.8, 4) is 0 Å². The van der Waals surface area contributed by atoms with Gasteiger partial charge in [0.2, 0.25) is 0 Å². The zero-order chi connectivity index (χ0) is 12.4. The summed E-state index contributed by atoms with van der Waals surface area (Å²) in [5.41, 5.74) is 0.836. The number of allylic oxidation sites excluding steroid dienone is 2. The third kappa shape index (κ3) is 2.40. The van der Waals surface area contributed by atoms with Gasteiger partial charge in [-0.1, -0.05) is 30.4 Å². The minimum atomic E-state index is -0.104. The van der Waals surface area contributed by atoms with E-state index in [1.165, 1.54) is 12.8 Å². The number of hydrogen-bond donors (Lipinski definition) is 2. The molecule has 1 aromatic rings. The van der Waals surface area contributed by atoms with Crippen LogP contribution in [0.1, 0.15) is 12.8 Å². The molecule has 1 fully saturated rings. The average Bonchev–Trinajstić information content (AvgIpc) is 3.00. The number of nitrogens with one attached hydrogen (secondary N) is 2. The normalized spacial score (nSPS) is 28.3. The van der Waals surface area contributed by atoms with Crippen LogP contribution >= 0.6 is 0 Å². The summed E-state index contributed by atoms with van der Waals surface area (Å²) in [5, 5.41) is 5.82. The van der Waals surface area contributed by atoms with Crippen molar-refractivity contribution in [3.63, 3.8) is 0 Å². The molecule has 3 heteroatoms. The minimum absolute atomic E-state index is 0.104. The summed E-state index contributed by atoms with van der Waals surface area (Å²) in [4.78, 5) is 11.7. The van der Waals surface area contributed by atoms with Crippen LogP contribution in [-0.2, 0) is 0 Å². The van der Waals surface area contributed by atoms with Crippen LogP contribution < -0.4 is 10.6 Å². The van der Waals surface area contributed by atoms with Gasteiger partial charge in [-0.15, -0.1) is 0 Å². The van der Waals surface area contributed by atoms with Gasteiger partial charge in [0.05, 0.1) is 0 Å². The lowest BCUT2D eigenvalue weighted by atomic mass is 9.94. The predicted octanol–water partition coefficient (Wildman–Crippen LogP) is 3.02. The van der Waals surface area contributed by atoms with E-state index < -0.39 is 0 Å². The van der Waals surface area contributed by atoms with E-state index >= 15 is 0 Å². The molecule has 0 saturated heterocycles. The van der Waals surface area contributed by atoms with Crippen molar-refractivity contribution < 1.29 is 4.79 Å². The summed E-state index contributed by atoms with van der Waals surface area (Å²) < 4.78 is 0. The van der Waals surface area contributed by atoms with Crippen LogP contribution in [0.2, 0.25) is 0 Å². The summed E-state index contributed by atoms with van der Waals surface area (Å²) in [6.07, 6.45) is 7.15. The highest BCUT2D eigenvalue weighted by molar-refractivity contribution is 5.89. The summed E-state index contributed by atoms with van der Waals surface area (Å²) >= 11 is 0. The highest BCUT2D eigenvalue weighted by atomic mass is 16.2. The van der Waals surface area contributed by atoms with E-state index in [2.05, 4.69) is 22.8 Å². The maximum Gasteiger partial charge on any atom is 0.319 e. The van der Waals surface area contributed by atoms with Gasteiger partial charge < -0.3 is 10.6 Å². The van der Waals surface area contributed by atoms with Crippen LogP contribution in [0.5, 0.6) is 0 Å². The maximum atomic E-state index is 11.7. The number of benzene rings is 1. The molecule has 0 heterocycles. The summed E-state index contributed by atoms with van der Waals surface area (Å²) in [6.45, 7) is 0.782. The molecule has 18 heavy (non-hydrogen) atoms. The first kappa shape index (κ1) is 11.3. The number of amides is 2. The van der Waals surface area contributed by atoms with Crippen LogP contribution in [0, 0.1) is 17.8 Å². The van der Waals surface area contributed by atoms with E-state index in [-0.39, 0.29) is 6.03 Å². The molecule has 0 aliphatic heterocycles. The lowest BCUT2D eigenvalue weighted by molar-refractivity contribution is 0.249. The van der Waals surface area contributed by atoms with Gasteiger partial charge in [-0.25, -0.2) is 4.79 Å². The maximum absolute atomic E-state index is 11.7. The molecular weight excluding hydrogens is 224 g/mol. The zero-order valence-electron chi connectivity index (χ0n) is 10.3. The molecule has 3 nitrogen and oxygen atoms in total. The minimum Gasteiger partial charge on any atom is -0.338 e. The molecule has 2 aliphatic rings. The summed E-state index contributed by atoms with van der Waals surface area (Å²) in [7, 11) is 0. The zero-order valence-corrected chi connectivity index (χ0v) is 10.3. The van der Waals surface area contributed by atoms with Crippen molar-refractivity contribution in [2.24, 2.45) is 17.8 Å². The van der Waals surface area contributed by atoms with Crippen molar-refractivity contribution >= 4 is 11.7 Å². The van der Waals surface area contributed by atoms with Crippen molar-refractivity contribution in [2.45, 2.75) is 12.8 Å². The molecule has 0 spiro atoms. The topological polar surface area (TPSA) is 41.1 Å². The number of carbonyl (C=O) groups excluding carboxylic acids is 1. The molecule has 94 valence electrons. The third-order valence-corrected chi connectivity index (χ3v) is 3.97. The number of carbonyl (C=O) groups is 1. The Labute approximate surface area is 107 Å². The molecule has 2 N–H and O–H groups in total. The third-order valence-electron chi connectivity index (χ3n) is 3.97. The fourth-order valence-electron chi connectivity index (χ4n) is 3.05. The van der Waals surface area contributed by atoms with E-state index in [1.807, 2.05) is 30.3 Å². The van der Waals surface area contributed by atoms with Gasteiger partial charge in [-0.05, 0) is 42.7 Å². The van der Waals surface area contributed by atoms with E-state index in [4.69, 9.17) is 0 Å². The molecule has 0 radical (unpaired) electrons. The summed E-state index contributed by atoms with van der Waals surface area (Å²) in [6, 6.07) is 9.43. The van der Waals surface area contributed by atoms with Gasteiger partial charge in [0.1, 0.15) is 0 Å². The van der Waals surface area contributed by atoms with Crippen molar-refractivity contribution in [1.82, 2.24) is 5.32 Å². The SMILES string of the molecule is O=C(NCC1CC2C=CC1C2)Nc1ccccc1. The monoisotopic (exact) mass is 242 g/mol. The first-order valence-electron chi connectivity index (χ1n) is 6.59. The first-order chi connectivity index (χ1) is 8.81. The lowest BCUT2D eigenvalue weighted by Gasteiger charge is -2.18. The van der Waals surface area contributed by atoms with Crippen LogP contribution in [0.4, 0.5) is 10.5 Å². The lowest BCUT2D eigenvalue weighted by Crippen LogP contribution is -2.34. The quantitative estimate of drug-likeness (QED) is 0.786. The number of rotatable bonds is 3. The Morgan fingerprint density at radius 3 is 2.67 bits per heavy atom. The van der Waals surface area contributed by atoms with Crippen LogP contribution in [0.3, 0.4) is 0 Å². The van der Waals surface area contributed by atoms with Crippen LogP contribution in [0.15, 0.2) is 42.5 Å². The van der Waals surface area contributed by atoms with E-state index in [0.717, 1.165) is 18.2 Å². The smallest absolute Gasteiger partial charge is 0.319 e. The van der Waals surface area contributed by atoms with Gasteiger partial charge in [0.15, 0.2) is 0 Å². The highest BCUT2D eigenvalue weighted by Gasteiger charge is 2.35. The van der Waals surface area contributed by atoms with Gasteiger partial charge in [-0.2, -0.15) is 0 Å².